The van der Waals surface area contributed by atoms with E-state index in [1.807, 2.05) is 12.1 Å². The van der Waals surface area contributed by atoms with Gasteiger partial charge < -0.3 is 4.74 Å². The van der Waals surface area contributed by atoms with Crippen molar-refractivity contribution in [1.82, 2.24) is 0 Å². The molecule has 0 fully saturated rings. The van der Waals surface area contributed by atoms with E-state index in [1.165, 1.54) is 4.88 Å². The van der Waals surface area contributed by atoms with Gasteiger partial charge in [-0.05, 0) is 18.6 Å². The Morgan fingerprint density at radius 2 is 2.12 bits per heavy atom. The van der Waals surface area contributed by atoms with E-state index < -0.39 is 13.0 Å². The second-order valence-corrected chi connectivity index (χ2v) is 4.91. The highest BCUT2D eigenvalue weighted by atomic mass is 32.1. The Hall–Kier alpha value is -0.810. The van der Waals surface area contributed by atoms with Gasteiger partial charge in [0, 0.05) is 22.6 Å². The third kappa shape index (κ3) is 5.89. The number of aryl methyl sites for hydroxylation is 1. The summed E-state index contributed by atoms with van der Waals surface area (Å²) in [5.74, 6) is 0.0313. The van der Waals surface area contributed by atoms with Crippen molar-refractivity contribution in [2.24, 2.45) is 0 Å². The van der Waals surface area contributed by atoms with Gasteiger partial charge in [0.05, 0.1) is 6.61 Å². The lowest BCUT2D eigenvalue weighted by Gasteiger charge is -2.02. The topological polar surface area (TPSA) is 26.3 Å². The normalized spacial score (nSPS) is 11.1. The maximum atomic E-state index is 11.7. The number of carbonyl (C=O) groups excluding carboxylic acids is 1. The summed E-state index contributed by atoms with van der Waals surface area (Å²) in [6, 6.07) is 3.96. The minimum absolute atomic E-state index is 0.0313. The van der Waals surface area contributed by atoms with Crippen LogP contribution in [0.1, 0.15) is 23.1 Å². The number of hydrogen-bond acceptors (Lipinski definition) is 3. The second-order valence-electron chi connectivity index (χ2n) is 3.65. The monoisotopic (exact) mass is 262 g/mol. The molecular formula is C12H16F2O2S. The van der Waals surface area contributed by atoms with Crippen LogP contribution in [0.4, 0.5) is 8.78 Å². The lowest BCUT2D eigenvalue weighted by molar-refractivity contribution is -0.119. The van der Waals surface area contributed by atoms with Crippen molar-refractivity contribution in [1.29, 1.82) is 0 Å². The Kier molecular flexibility index (Phi) is 6.29. The molecule has 1 heterocycles. The summed E-state index contributed by atoms with van der Waals surface area (Å²) in [6.07, 6.45) is -0.917. The zero-order valence-electron chi connectivity index (χ0n) is 9.75. The van der Waals surface area contributed by atoms with Gasteiger partial charge in [-0.1, -0.05) is 6.92 Å². The van der Waals surface area contributed by atoms with Crippen LogP contribution >= 0.6 is 11.3 Å². The minimum atomic E-state index is -2.46. The van der Waals surface area contributed by atoms with Crippen LogP contribution in [0, 0.1) is 0 Å². The molecule has 5 heteroatoms. The van der Waals surface area contributed by atoms with E-state index >= 15 is 0 Å². The molecule has 0 aromatic carbocycles. The van der Waals surface area contributed by atoms with Crippen molar-refractivity contribution in [2.75, 3.05) is 13.2 Å². The molecule has 2 nitrogen and oxygen atoms in total. The molecule has 0 aliphatic heterocycles. The molecule has 96 valence electrons. The molecule has 0 atom stereocenters. The molecule has 0 spiro atoms. The highest BCUT2D eigenvalue weighted by Crippen LogP contribution is 2.17. The standard InChI is InChI=1S/C12H16F2O2S/c1-2-10-3-4-11(17-10)7-9(15)5-6-16-8-12(13)14/h3-4,12H,2,5-8H2,1H3. The van der Waals surface area contributed by atoms with E-state index in [0.717, 1.165) is 11.3 Å². The molecule has 17 heavy (non-hydrogen) atoms. The largest absolute Gasteiger partial charge is 0.375 e. The van der Waals surface area contributed by atoms with Crippen molar-refractivity contribution in [3.8, 4) is 0 Å². The first-order chi connectivity index (χ1) is 8.11. The predicted molar refractivity (Wildman–Crippen MR) is 63.8 cm³/mol. The van der Waals surface area contributed by atoms with E-state index in [0.29, 0.717) is 6.42 Å². The molecule has 1 aromatic heterocycles. The number of hydrogen-bond donors (Lipinski definition) is 0. The van der Waals surface area contributed by atoms with Crippen molar-refractivity contribution < 1.29 is 18.3 Å². The van der Waals surface area contributed by atoms with Crippen LogP contribution in [0.5, 0.6) is 0 Å². The van der Waals surface area contributed by atoms with Gasteiger partial charge >= 0.3 is 0 Å². The van der Waals surface area contributed by atoms with Gasteiger partial charge in [0.15, 0.2) is 0 Å². The summed E-state index contributed by atoms with van der Waals surface area (Å²) >= 11 is 1.62. The average Bonchev–Trinajstić information content (AvgIpc) is 2.72. The van der Waals surface area contributed by atoms with Gasteiger partial charge in [-0.15, -0.1) is 11.3 Å². The highest BCUT2D eigenvalue weighted by molar-refractivity contribution is 7.12. The zero-order valence-corrected chi connectivity index (χ0v) is 10.6. The quantitative estimate of drug-likeness (QED) is 0.673. The van der Waals surface area contributed by atoms with Gasteiger partial charge in [-0.25, -0.2) is 8.78 Å². The molecule has 0 saturated heterocycles. The summed E-state index contributed by atoms with van der Waals surface area (Å²) in [7, 11) is 0. The molecule has 0 radical (unpaired) electrons. The molecular weight excluding hydrogens is 246 g/mol. The Morgan fingerprint density at radius 3 is 2.71 bits per heavy atom. The molecule has 0 aliphatic rings. The molecule has 0 amide bonds. The van der Waals surface area contributed by atoms with Gasteiger partial charge in [-0.3, -0.25) is 4.79 Å². The third-order valence-electron chi connectivity index (χ3n) is 2.21. The van der Waals surface area contributed by atoms with E-state index in [9.17, 15) is 13.6 Å². The third-order valence-corrected chi connectivity index (χ3v) is 3.44. The number of ketones is 1. The highest BCUT2D eigenvalue weighted by Gasteiger charge is 2.07. The lowest BCUT2D eigenvalue weighted by atomic mass is 10.2. The Balaban J connectivity index is 2.20. The molecule has 0 bridgehead atoms. The Bertz CT molecular complexity index is 350. The smallest absolute Gasteiger partial charge is 0.261 e. The Labute approximate surface area is 104 Å². The summed E-state index contributed by atoms with van der Waals surface area (Å²) in [5, 5.41) is 0. The molecule has 1 aromatic rings. The number of alkyl halides is 2. The minimum Gasteiger partial charge on any atom is -0.375 e. The van der Waals surface area contributed by atoms with Crippen molar-refractivity contribution in [3.05, 3.63) is 21.9 Å². The van der Waals surface area contributed by atoms with Gasteiger partial charge in [0.1, 0.15) is 12.4 Å². The van der Waals surface area contributed by atoms with Crippen LogP contribution in [-0.2, 0) is 22.4 Å². The van der Waals surface area contributed by atoms with Crippen LogP contribution < -0.4 is 0 Å². The lowest BCUT2D eigenvalue weighted by Crippen LogP contribution is -2.10. The SMILES string of the molecule is CCc1ccc(CC(=O)CCOCC(F)F)s1. The average molecular weight is 262 g/mol. The van der Waals surface area contributed by atoms with Gasteiger partial charge in [-0.2, -0.15) is 0 Å². The predicted octanol–water partition coefficient (Wildman–Crippen LogP) is 3.09. The fraction of sp³-hybridized carbons (Fsp3) is 0.583. The number of rotatable bonds is 8. The number of thiophene rings is 1. The first-order valence-corrected chi connectivity index (χ1v) is 6.38. The van der Waals surface area contributed by atoms with Crippen molar-refractivity contribution >= 4 is 17.1 Å². The summed E-state index contributed by atoms with van der Waals surface area (Å²) in [5.41, 5.74) is 0. The van der Waals surface area contributed by atoms with E-state index in [-0.39, 0.29) is 18.8 Å². The van der Waals surface area contributed by atoms with E-state index in [4.69, 9.17) is 0 Å². The maximum absolute atomic E-state index is 11.7. The van der Waals surface area contributed by atoms with Crippen LogP contribution in [-0.4, -0.2) is 25.4 Å². The molecule has 0 saturated carbocycles. The molecule has 0 N–H and O–H groups in total. The molecule has 0 unspecified atom stereocenters. The van der Waals surface area contributed by atoms with Crippen LogP contribution in [0.25, 0.3) is 0 Å². The number of halogens is 2. The van der Waals surface area contributed by atoms with Crippen molar-refractivity contribution in [2.45, 2.75) is 32.6 Å². The zero-order chi connectivity index (χ0) is 12.7. The van der Waals surface area contributed by atoms with E-state index in [1.54, 1.807) is 11.3 Å². The van der Waals surface area contributed by atoms with Crippen LogP contribution in [0.2, 0.25) is 0 Å². The summed E-state index contributed by atoms with van der Waals surface area (Å²) in [4.78, 5) is 13.8. The molecule has 0 aliphatic carbocycles. The molecule has 1 rings (SSSR count). The number of ether oxygens (including phenoxy) is 1. The van der Waals surface area contributed by atoms with Crippen LogP contribution in [0.15, 0.2) is 12.1 Å². The van der Waals surface area contributed by atoms with Gasteiger partial charge in [0.25, 0.3) is 6.43 Å². The fourth-order valence-corrected chi connectivity index (χ4v) is 2.33. The summed E-state index contributed by atoms with van der Waals surface area (Å²) < 4.78 is 28.1. The summed E-state index contributed by atoms with van der Waals surface area (Å²) in [6.45, 7) is 1.55. The fourth-order valence-electron chi connectivity index (χ4n) is 1.35. The van der Waals surface area contributed by atoms with Crippen LogP contribution in [0.3, 0.4) is 0 Å². The van der Waals surface area contributed by atoms with Crippen molar-refractivity contribution in [3.63, 3.8) is 0 Å². The van der Waals surface area contributed by atoms with E-state index in [2.05, 4.69) is 11.7 Å². The second kappa shape index (κ2) is 7.50. The number of carbonyl (C=O) groups is 1. The first kappa shape index (κ1) is 14.3. The Morgan fingerprint density at radius 1 is 1.41 bits per heavy atom. The first-order valence-electron chi connectivity index (χ1n) is 5.57. The maximum Gasteiger partial charge on any atom is 0.261 e. The van der Waals surface area contributed by atoms with Gasteiger partial charge in [0.2, 0.25) is 0 Å². The number of Topliss-reactive ketones (excluding diaryl/α,β-unsaturated/α-hetero) is 1.